The van der Waals surface area contributed by atoms with E-state index in [1.165, 1.54) is 5.56 Å². The third-order valence-electron chi connectivity index (χ3n) is 4.79. The lowest BCUT2D eigenvalue weighted by molar-refractivity contribution is -0.129. The molecule has 1 fully saturated rings. The zero-order chi connectivity index (χ0) is 19.2. The lowest BCUT2D eigenvalue weighted by atomic mass is 10.1. The van der Waals surface area contributed by atoms with Gasteiger partial charge in [0.05, 0.1) is 12.2 Å². The van der Waals surface area contributed by atoms with Gasteiger partial charge in [0.1, 0.15) is 6.26 Å². The van der Waals surface area contributed by atoms with Gasteiger partial charge in [-0.1, -0.05) is 17.7 Å². The second kappa shape index (κ2) is 10.4. The summed E-state index contributed by atoms with van der Waals surface area (Å²) in [6, 6.07) is 8.41. The van der Waals surface area contributed by atoms with Crippen molar-refractivity contribution in [3.05, 3.63) is 41.8 Å². The number of aryl methyl sites for hydroxylation is 1. The number of aliphatic imine (C=N–C) groups is 1. The molecule has 0 aliphatic carbocycles. The number of aromatic nitrogens is 1. The first kappa shape index (κ1) is 22.2. The molecule has 0 unspecified atom stereocenters. The number of nitrogens with zero attached hydrogens (tertiary/aromatic N) is 3. The molecule has 28 heavy (non-hydrogen) atoms. The van der Waals surface area contributed by atoms with Crippen molar-refractivity contribution in [1.82, 2.24) is 20.5 Å². The van der Waals surface area contributed by atoms with E-state index in [4.69, 9.17) is 4.42 Å². The molecule has 0 saturated carbocycles. The normalized spacial score (nSPS) is 15.1. The molecule has 7 nitrogen and oxygen atoms in total. The molecule has 3 rings (SSSR count). The largest absolute Gasteiger partial charge is 0.444 e. The summed E-state index contributed by atoms with van der Waals surface area (Å²) in [5.74, 6) is 1.49. The number of rotatable bonds is 4. The first-order valence-electron chi connectivity index (χ1n) is 9.29. The van der Waals surface area contributed by atoms with Gasteiger partial charge in [0, 0.05) is 38.7 Å². The molecule has 1 saturated heterocycles. The van der Waals surface area contributed by atoms with Gasteiger partial charge in [-0.2, -0.15) is 0 Å². The van der Waals surface area contributed by atoms with Crippen molar-refractivity contribution < 1.29 is 9.21 Å². The van der Waals surface area contributed by atoms with Crippen molar-refractivity contribution in [3.63, 3.8) is 0 Å². The molecular weight excluding hydrogens is 469 g/mol. The number of nitrogens with one attached hydrogen (secondary N) is 2. The number of carbonyl (C=O) groups is 1. The van der Waals surface area contributed by atoms with Crippen LogP contribution in [0.4, 0.5) is 0 Å². The van der Waals surface area contributed by atoms with E-state index in [9.17, 15) is 4.79 Å². The van der Waals surface area contributed by atoms with Crippen LogP contribution in [0.5, 0.6) is 0 Å². The first-order chi connectivity index (χ1) is 13.0. The van der Waals surface area contributed by atoms with Gasteiger partial charge in [-0.25, -0.2) is 4.98 Å². The monoisotopic (exact) mass is 497 g/mol. The van der Waals surface area contributed by atoms with Crippen LogP contribution in [-0.4, -0.2) is 47.9 Å². The van der Waals surface area contributed by atoms with Crippen LogP contribution in [-0.2, 0) is 11.3 Å². The van der Waals surface area contributed by atoms with E-state index in [0.29, 0.717) is 18.5 Å². The molecule has 2 N–H and O–H groups in total. The fourth-order valence-electron chi connectivity index (χ4n) is 3.12. The maximum Gasteiger partial charge on any atom is 0.226 e. The third-order valence-corrected chi connectivity index (χ3v) is 4.79. The summed E-state index contributed by atoms with van der Waals surface area (Å²) in [6.07, 6.45) is 3.50. The Hall–Kier alpha value is -2.10. The zero-order valence-electron chi connectivity index (χ0n) is 16.6. The van der Waals surface area contributed by atoms with Crippen molar-refractivity contribution in [1.29, 1.82) is 0 Å². The summed E-state index contributed by atoms with van der Waals surface area (Å²) in [6.45, 7) is 5.77. The minimum Gasteiger partial charge on any atom is -0.444 e. The van der Waals surface area contributed by atoms with Crippen molar-refractivity contribution in [2.24, 2.45) is 4.99 Å². The Morgan fingerprint density at radius 3 is 2.57 bits per heavy atom. The number of hydrogen-bond donors (Lipinski definition) is 2. The molecule has 152 valence electrons. The van der Waals surface area contributed by atoms with E-state index >= 15 is 0 Å². The Bertz CT molecular complexity index is 795. The van der Waals surface area contributed by atoms with Crippen molar-refractivity contribution in [2.45, 2.75) is 39.3 Å². The Morgan fingerprint density at radius 2 is 1.96 bits per heavy atom. The minimum atomic E-state index is 0. The molecular formula is C20H28IN5O2. The van der Waals surface area contributed by atoms with E-state index < -0.39 is 0 Å². The Balaban J connectivity index is 0.00000280. The topological polar surface area (TPSA) is 82.8 Å². The molecule has 2 aromatic rings. The van der Waals surface area contributed by atoms with Crippen LogP contribution in [0.3, 0.4) is 0 Å². The summed E-state index contributed by atoms with van der Waals surface area (Å²) in [7, 11) is 1.75. The van der Waals surface area contributed by atoms with Gasteiger partial charge in [0.25, 0.3) is 0 Å². The van der Waals surface area contributed by atoms with Gasteiger partial charge in [-0.3, -0.25) is 9.79 Å². The van der Waals surface area contributed by atoms with Crippen LogP contribution < -0.4 is 10.6 Å². The van der Waals surface area contributed by atoms with Gasteiger partial charge in [-0.15, -0.1) is 24.0 Å². The maximum atomic E-state index is 11.4. The minimum absolute atomic E-state index is 0. The van der Waals surface area contributed by atoms with Crippen molar-refractivity contribution >= 4 is 35.8 Å². The third kappa shape index (κ3) is 5.95. The Morgan fingerprint density at radius 1 is 1.29 bits per heavy atom. The number of guanidine groups is 1. The predicted octanol–water partition coefficient (Wildman–Crippen LogP) is 2.94. The highest BCUT2D eigenvalue weighted by Gasteiger charge is 2.21. The lowest BCUT2D eigenvalue weighted by Gasteiger charge is -2.32. The molecule has 8 heteroatoms. The standard InChI is InChI=1S/C20H27N5O2.HI/c1-14-4-6-16(7-5-14)19-23-18(13-27-19)12-22-20(21-3)24-17-8-10-25(11-9-17)15(2)26;/h4-7,13,17H,8-12H2,1-3H3,(H2,21,22,24);1H. The van der Waals surface area contributed by atoms with E-state index in [-0.39, 0.29) is 29.9 Å². The van der Waals surface area contributed by atoms with Gasteiger partial charge in [0.2, 0.25) is 11.8 Å². The quantitative estimate of drug-likeness (QED) is 0.386. The molecule has 0 bridgehead atoms. The summed E-state index contributed by atoms with van der Waals surface area (Å²) in [4.78, 5) is 22.1. The number of oxazole rings is 1. The highest BCUT2D eigenvalue weighted by Crippen LogP contribution is 2.19. The number of benzene rings is 1. The van der Waals surface area contributed by atoms with E-state index in [2.05, 4.69) is 27.5 Å². The number of amides is 1. The summed E-state index contributed by atoms with van der Waals surface area (Å²) in [5, 5.41) is 6.70. The Kier molecular flexibility index (Phi) is 8.28. The summed E-state index contributed by atoms with van der Waals surface area (Å²) >= 11 is 0. The van der Waals surface area contributed by atoms with Crippen LogP contribution in [0, 0.1) is 6.92 Å². The maximum absolute atomic E-state index is 11.4. The fourth-order valence-corrected chi connectivity index (χ4v) is 3.12. The van der Waals surface area contributed by atoms with Crippen molar-refractivity contribution in [2.75, 3.05) is 20.1 Å². The second-order valence-corrected chi connectivity index (χ2v) is 6.86. The van der Waals surface area contributed by atoms with Crippen molar-refractivity contribution in [3.8, 4) is 11.5 Å². The van der Waals surface area contributed by atoms with Crippen LogP contribution >= 0.6 is 24.0 Å². The molecule has 1 aliphatic heterocycles. The van der Waals surface area contributed by atoms with Gasteiger partial charge in [0.15, 0.2) is 5.96 Å². The SMILES string of the molecule is CN=C(NCc1coc(-c2ccc(C)cc2)n1)NC1CCN(C(C)=O)CC1.I. The average Bonchev–Trinajstić information content (AvgIpc) is 3.15. The highest BCUT2D eigenvalue weighted by molar-refractivity contribution is 14.0. The van der Waals surface area contributed by atoms with Gasteiger partial charge >= 0.3 is 0 Å². The average molecular weight is 497 g/mol. The highest BCUT2D eigenvalue weighted by atomic mass is 127. The number of likely N-dealkylation sites (tertiary alicyclic amines) is 1. The van der Waals surface area contributed by atoms with E-state index in [0.717, 1.165) is 43.1 Å². The van der Waals surface area contributed by atoms with E-state index in [1.807, 2.05) is 29.2 Å². The van der Waals surface area contributed by atoms with Crippen LogP contribution in [0.1, 0.15) is 31.0 Å². The smallest absolute Gasteiger partial charge is 0.226 e. The van der Waals surface area contributed by atoms with Crippen LogP contribution in [0.25, 0.3) is 11.5 Å². The zero-order valence-corrected chi connectivity index (χ0v) is 18.9. The summed E-state index contributed by atoms with van der Waals surface area (Å²) < 4.78 is 5.59. The number of hydrogen-bond acceptors (Lipinski definition) is 4. The first-order valence-corrected chi connectivity index (χ1v) is 9.29. The van der Waals surface area contributed by atoms with Crippen LogP contribution in [0.15, 0.2) is 39.9 Å². The van der Waals surface area contributed by atoms with Crippen LogP contribution in [0.2, 0.25) is 0 Å². The lowest BCUT2D eigenvalue weighted by Crippen LogP contribution is -2.49. The summed E-state index contributed by atoms with van der Waals surface area (Å²) in [5.41, 5.74) is 2.99. The molecule has 0 spiro atoms. The molecule has 1 aromatic carbocycles. The second-order valence-electron chi connectivity index (χ2n) is 6.86. The van der Waals surface area contributed by atoms with E-state index in [1.54, 1.807) is 20.2 Å². The molecule has 1 aliphatic rings. The molecule has 1 amide bonds. The molecule has 1 aromatic heterocycles. The molecule has 0 atom stereocenters. The Labute approximate surface area is 183 Å². The fraction of sp³-hybridized carbons (Fsp3) is 0.450. The number of halogens is 1. The van der Waals surface area contributed by atoms with Gasteiger partial charge < -0.3 is 20.0 Å². The molecule has 0 radical (unpaired) electrons. The van der Waals surface area contributed by atoms with Gasteiger partial charge in [-0.05, 0) is 31.9 Å². The predicted molar refractivity (Wildman–Crippen MR) is 121 cm³/mol. The molecule has 2 heterocycles. The number of piperidine rings is 1. The number of carbonyl (C=O) groups excluding carboxylic acids is 1.